The van der Waals surface area contributed by atoms with Gasteiger partial charge in [-0.05, 0) is 5.56 Å². The molecular formula is C24H19NO2. The van der Waals surface area contributed by atoms with E-state index in [0.29, 0.717) is 0 Å². The molecule has 1 fully saturated rings. The smallest absolute Gasteiger partial charge is 0.416 e. The molecule has 132 valence electrons. The third kappa shape index (κ3) is 2.75. The van der Waals surface area contributed by atoms with Crippen LogP contribution in [0.4, 0.5) is 4.79 Å². The summed E-state index contributed by atoms with van der Waals surface area (Å²) >= 11 is 0. The molecule has 3 aromatic rings. The fourth-order valence-corrected chi connectivity index (χ4v) is 3.78. The lowest BCUT2D eigenvalue weighted by Gasteiger charge is -2.35. The standard InChI is InChI=1S/C24H19NO2/c1-2-18-25-22(19-12-6-3-7-13-19)24(27-23(25)26,20-14-8-4-9-15-20)21-16-10-5-11-17-21/h3-18,22H,1H2/t22-/m1/s1. The Morgan fingerprint density at radius 1 is 0.852 bits per heavy atom. The van der Waals surface area contributed by atoms with Crippen LogP contribution in [0.1, 0.15) is 22.7 Å². The molecule has 3 heteroatoms. The molecule has 1 aliphatic heterocycles. The van der Waals surface area contributed by atoms with Crippen molar-refractivity contribution < 1.29 is 9.53 Å². The third-order valence-electron chi connectivity index (χ3n) is 4.87. The van der Waals surface area contributed by atoms with Crippen LogP contribution >= 0.6 is 0 Å². The van der Waals surface area contributed by atoms with Crippen LogP contribution in [0, 0.1) is 0 Å². The van der Waals surface area contributed by atoms with Crippen molar-refractivity contribution in [1.29, 1.82) is 0 Å². The minimum atomic E-state index is -0.978. The summed E-state index contributed by atoms with van der Waals surface area (Å²) in [5, 5.41) is 0. The van der Waals surface area contributed by atoms with Gasteiger partial charge in [-0.2, -0.15) is 0 Å². The van der Waals surface area contributed by atoms with E-state index >= 15 is 0 Å². The largest absolute Gasteiger partial charge is 0.430 e. The molecule has 1 saturated heterocycles. The second-order valence-electron chi connectivity index (χ2n) is 6.39. The Kier molecular flexibility index (Phi) is 4.37. The van der Waals surface area contributed by atoms with Gasteiger partial charge in [0.2, 0.25) is 0 Å². The first kappa shape index (κ1) is 16.9. The van der Waals surface area contributed by atoms with Gasteiger partial charge in [-0.3, -0.25) is 4.90 Å². The molecule has 1 atom stereocenters. The quantitative estimate of drug-likeness (QED) is 0.586. The maximum atomic E-state index is 12.9. The zero-order valence-electron chi connectivity index (χ0n) is 14.8. The summed E-state index contributed by atoms with van der Waals surface area (Å²) in [6.45, 7) is 3.65. The van der Waals surface area contributed by atoms with Crippen molar-refractivity contribution >= 4 is 6.09 Å². The average Bonchev–Trinajstić information content (AvgIpc) is 3.03. The topological polar surface area (TPSA) is 29.5 Å². The highest BCUT2D eigenvalue weighted by molar-refractivity contribution is 5.75. The SMILES string of the molecule is C=C=CN1C(=O)OC(c2ccccc2)(c2ccccc2)[C@H]1c1ccccc1. The van der Waals surface area contributed by atoms with E-state index in [1.54, 1.807) is 11.1 Å². The van der Waals surface area contributed by atoms with Crippen LogP contribution in [0.5, 0.6) is 0 Å². The van der Waals surface area contributed by atoms with Crippen molar-refractivity contribution in [1.82, 2.24) is 4.90 Å². The van der Waals surface area contributed by atoms with Gasteiger partial charge in [-0.15, -0.1) is 5.73 Å². The molecule has 27 heavy (non-hydrogen) atoms. The van der Waals surface area contributed by atoms with Gasteiger partial charge in [0.15, 0.2) is 5.60 Å². The van der Waals surface area contributed by atoms with Crippen LogP contribution in [0.15, 0.2) is 110 Å². The monoisotopic (exact) mass is 353 g/mol. The zero-order chi connectivity index (χ0) is 18.7. The number of ether oxygens (including phenoxy) is 1. The highest BCUT2D eigenvalue weighted by Gasteiger charge is 2.56. The number of benzene rings is 3. The maximum Gasteiger partial charge on any atom is 0.416 e. The number of amides is 1. The molecule has 0 unspecified atom stereocenters. The summed E-state index contributed by atoms with van der Waals surface area (Å²) in [6, 6.07) is 29.3. The lowest BCUT2D eigenvalue weighted by molar-refractivity contribution is 0.0676. The fraction of sp³-hybridized carbons (Fsp3) is 0.0833. The van der Waals surface area contributed by atoms with Crippen molar-refractivity contribution in [2.75, 3.05) is 0 Å². The van der Waals surface area contributed by atoms with Crippen LogP contribution in [0.25, 0.3) is 0 Å². The molecule has 0 N–H and O–H groups in total. The number of carbonyl (C=O) groups is 1. The Morgan fingerprint density at radius 3 is 1.81 bits per heavy atom. The molecule has 1 aliphatic rings. The molecular weight excluding hydrogens is 334 g/mol. The molecule has 0 saturated carbocycles. The van der Waals surface area contributed by atoms with Crippen molar-refractivity contribution in [2.24, 2.45) is 0 Å². The maximum absolute atomic E-state index is 12.9. The van der Waals surface area contributed by atoms with E-state index < -0.39 is 11.7 Å². The molecule has 0 spiro atoms. The first-order chi connectivity index (χ1) is 13.3. The van der Waals surface area contributed by atoms with Gasteiger partial charge in [-0.1, -0.05) is 97.6 Å². The van der Waals surface area contributed by atoms with Crippen LogP contribution in [-0.4, -0.2) is 11.0 Å². The number of hydrogen-bond acceptors (Lipinski definition) is 2. The molecule has 3 aromatic carbocycles. The predicted octanol–water partition coefficient (Wildman–Crippen LogP) is 5.42. The minimum absolute atomic E-state index is 0.384. The van der Waals surface area contributed by atoms with Crippen LogP contribution in [0.2, 0.25) is 0 Å². The van der Waals surface area contributed by atoms with Gasteiger partial charge in [0.1, 0.15) is 6.04 Å². The highest BCUT2D eigenvalue weighted by Crippen LogP contribution is 2.52. The van der Waals surface area contributed by atoms with E-state index in [4.69, 9.17) is 4.74 Å². The van der Waals surface area contributed by atoms with Gasteiger partial charge in [0, 0.05) is 11.1 Å². The molecule has 4 rings (SSSR count). The molecule has 0 bridgehead atoms. The highest BCUT2D eigenvalue weighted by atomic mass is 16.6. The Balaban J connectivity index is 2.04. The van der Waals surface area contributed by atoms with E-state index in [1.165, 1.54) is 0 Å². The van der Waals surface area contributed by atoms with E-state index in [-0.39, 0.29) is 6.04 Å². The average molecular weight is 353 g/mol. The van der Waals surface area contributed by atoms with Crippen LogP contribution in [-0.2, 0) is 10.3 Å². The second-order valence-corrected chi connectivity index (χ2v) is 6.39. The molecule has 3 nitrogen and oxygen atoms in total. The summed E-state index contributed by atoms with van der Waals surface area (Å²) in [5.74, 6) is 0. The van der Waals surface area contributed by atoms with Gasteiger partial charge in [0.25, 0.3) is 0 Å². The van der Waals surface area contributed by atoms with Crippen LogP contribution < -0.4 is 0 Å². The van der Waals surface area contributed by atoms with E-state index in [9.17, 15) is 4.79 Å². The van der Waals surface area contributed by atoms with Crippen molar-refractivity contribution in [3.63, 3.8) is 0 Å². The Hall–Kier alpha value is -3.55. The predicted molar refractivity (Wildman–Crippen MR) is 105 cm³/mol. The van der Waals surface area contributed by atoms with Crippen molar-refractivity contribution in [3.05, 3.63) is 126 Å². The second kappa shape index (κ2) is 6.99. The first-order valence-electron chi connectivity index (χ1n) is 8.80. The van der Waals surface area contributed by atoms with Crippen LogP contribution in [0.3, 0.4) is 0 Å². The number of hydrogen-bond donors (Lipinski definition) is 0. The summed E-state index contributed by atoms with van der Waals surface area (Å²) in [6.07, 6.45) is 1.14. The molecule has 0 aliphatic carbocycles. The molecule has 0 radical (unpaired) electrons. The number of rotatable bonds is 4. The van der Waals surface area contributed by atoms with Gasteiger partial charge >= 0.3 is 6.09 Å². The zero-order valence-corrected chi connectivity index (χ0v) is 14.8. The number of cyclic esters (lactones) is 1. The van der Waals surface area contributed by atoms with Crippen molar-refractivity contribution in [2.45, 2.75) is 11.6 Å². The van der Waals surface area contributed by atoms with E-state index in [0.717, 1.165) is 16.7 Å². The summed E-state index contributed by atoms with van der Waals surface area (Å²) < 4.78 is 6.14. The Bertz CT molecular complexity index is 937. The molecule has 1 heterocycles. The van der Waals surface area contributed by atoms with Gasteiger partial charge < -0.3 is 4.74 Å². The molecule has 0 aromatic heterocycles. The minimum Gasteiger partial charge on any atom is -0.430 e. The lowest BCUT2D eigenvalue weighted by Crippen LogP contribution is -2.36. The number of carbonyl (C=O) groups excluding carboxylic acids is 1. The van der Waals surface area contributed by atoms with E-state index in [1.807, 2.05) is 91.0 Å². The van der Waals surface area contributed by atoms with Gasteiger partial charge in [0.05, 0.1) is 6.20 Å². The summed E-state index contributed by atoms with van der Waals surface area (Å²) in [7, 11) is 0. The van der Waals surface area contributed by atoms with E-state index in [2.05, 4.69) is 12.3 Å². The lowest BCUT2D eigenvalue weighted by atomic mass is 9.77. The first-order valence-corrected chi connectivity index (χ1v) is 8.80. The van der Waals surface area contributed by atoms with Crippen molar-refractivity contribution in [3.8, 4) is 0 Å². The fourth-order valence-electron chi connectivity index (χ4n) is 3.78. The summed E-state index contributed by atoms with van der Waals surface area (Å²) in [4.78, 5) is 14.5. The Labute approximate surface area is 158 Å². The summed E-state index contributed by atoms with van der Waals surface area (Å²) in [5.41, 5.74) is 4.56. The van der Waals surface area contributed by atoms with Gasteiger partial charge in [-0.25, -0.2) is 4.79 Å². The normalized spacial score (nSPS) is 17.9. The third-order valence-corrected chi connectivity index (χ3v) is 4.87. The number of nitrogens with zero attached hydrogens (tertiary/aromatic N) is 1. The Morgan fingerprint density at radius 2 is 1.33 bits per heavy atom. The molecule has 1 amide bonds.